The molecule has 1 aromatic rings. The maximum atomic E-state index is 10.6. The Hall–Kier alpha value is -1.69. The van der Waals surface area contributed by atoms with Crippen LogP contribution in [0.2, 0.25) is 0 Å². The smallest absolute Gasteiger partial charge is 0.290 e. The molecule has 1 aliphatic rings. The average molecular weight is 237 g/mol. The number of nitrogens with zero attached hydrogens (tertiary/aromatic N) is 2. The number of hydrogen-bond donors (Lipinski definition) is 1. The van der Waals surface area contributed by atoms with Crippen LogP contribution in [-0.4, -0.2) is 22.6 Å². The summed E-state index contributed by atoms with van der Waals surface area (Å²) >= 11 is 0. The van der Waals surface area contributed by atoms with E-state index in [0.717, 1.165) is 12.8 Å². The molecule has 0 atom stereocenters. The molecule has 1 saturated carbocycles. The van der Waals surface area contributed by atoms with Gasteiger partial charge >= 0.3 is 0 Å². The highest BCUT2D eigenvalue weighted by atomic mass is 16.6. The summed E-state index contributed by atoms with van der Waals surface area (Å²) < 4.78 is 5.61. The van der Waals surface area contributed by atoms with E-state index in [1.807, 2.05) is 0 Å². The molecule has 6 heteroatoms. The normalized spacial score (nSPS) is 22.9. The summed E-state index contributed by atoms with van der Waals surface area (Å²) in [5.74, 6) is 0.993. The van der Waals surface area contributed by atoms with Gasteiger partial charge in [0.25, 0.3) is 5.69 Å². The second kappa shape index (κ2) is 4.67. The zero-order chi connectivity index (χ0) is 12.4. The highest BCUT2D eigenvalue weighted by molar-refractivity contribution is 5.39. The van der Waals surface area contributed by atoms with Gasteiger partial charge < -0.3 is 10.5 Å². The minimum absolute atomic E-state index is 0.0193. The molecule has 1 heterocycles. The summed E-state index contributed by atoms with van der Waals surface area (Å²) in [6.07, 6.45) is 3.27. The van der Waals surface area contributed by atoms with Gasteiger partial charge in [0, 0.05) is 11.6 Å². The van der Waals surface area contributed by atoms with Crippen molar-refractivity contribution in [3.63, 3.8) is 0 Å². The van der Waals surface area contributed by atoms with Crippen LogP contribution in [0.5, 0.6) is 5.88 Å². The number of aryl methyl sites for hydroxylation is 1. The van der Waals surface area contributed by atoms with Crippen molar-refractivity contribution in [3.8, 4) is 5.88 Å². The molecule has 0 unspecified atom stereocenters. The van der Waals surface area contributed by atoms with Gasteiger partial charge in [-0.15, -0.1) is 0 Å². The molecular weight excluding hydrogens is 222 g/mol. The lowest BCUT2D eigenvalue weighted by Crippen LogP contribution is -2.37. The first kappa shape index (κ1) is 11.8. The number of nitro groups is 1. The van der Waals surface area contributed by atoms with Crippen molar-refractivity contribution in [1.82, 2.24) is 4.98 Å². The van der Waals surface area contributed by atoms with E-state index < -0.39 is 4.92 Å². The fourth-order valence-corrected chi connectivity index (χ4v) is 1.91. The zero-order valence-corrected chi connectivity index (χ0v) is 9.63. The lowest BCUT2D eigenvalue weighted by Gasteiger charge is -2.34. The molecule has 17 heavy (non-hydrogen) atoms. The van der Waals surface area contributed by atoms with Crippen molar-refractivity contribution in [2.24, 2.45) is 11.7 Å². The molecule has 0 saturated heterocycles. The van der Waals surface area contributed by atoms with Crippen molar-refractivity contribution in [1.29, 1.82) is 0 Å². The molecule has 0 radical (unpaired) electrons. The van der Waals surface area contributed by atoms with Crippen LogP contribution in [0.3, 0.4) is 0 Å². The standard InChI is InChI=1S/C11H15N3O3/c1-7-2-11(13-6-10(7)14(15)16)17-9-3-8(4-9)5-12/h2,6,8-9H,3-5,12H2,1H3. The van der Waals surface area contributed by atoms with Gasteiger partial charge in [-0.1, -0.05) is 0 Å². The molecule has 0 aromatic carbocycles. The van der Waals surface area contributed by atoms with E-state index in [0.29, 0.717) is 23.9 Å². The Balaban J connectivity index is 1.99. The lowest BCUT2D eigenvalue weighted by atomic mass is 9.82. The Morgan fingerprint density at radius 3 is 2.88 bits per heavy atom. The topological polar surface area (TPSA) is 91.3 Å². The van der Waals surface area contributed by atoms with Crippen LogP contribution in [0.4, 0.5) is 5.69 Å². The third-order valence-corrected chi connectivity index (χ3v) is 3.07. The van der Waals surface area contributed by atoms with Gasteiger partial charge in [0.2, 0.25) is 5.88 Å². The van der Waals surface area contributed by atoms with Crippen molar-refractivity contribution in [2.45, 2.75) is 25.9 Å². The first-order valence-electron chi connectivity index (χ1n) is 5.58. The molecule has 1 aliphatic carbocycles. The Morgan fingerprint density at radius 2 is 2.35 bits per heavy atom. The summed E-state index contributed by atoms with van der Waals surface area (Å²) in [6.45, 7) is 2.36. The van der Waals surface area contributed by atoms with Gasteiger partial charge in [-0.05, 0) is 32.2 Å². The first-order chi connectivity index (χ1) is 8.10. The molecule has 92 valence electrons. The predicted molar refractivity (Wildman–Crippen MR) is 61.8 cm³/mol. The van der Waals surface area contributed by atoms with Gasteiger partial charge in [0.1, 0.15) is 12.3 Å². The van der Waals surface area contributed by atoms with Crippen molar-refractivity contribution in [3.05, 3.63) is 27.9 Å². The molecule has 1 aromatic heterocycles. The highest BCUT2D eigenvalue weighted by Gasteiger charge is 2.30. The Kier molecular flexibility index (Phi) is 3.23. The van der Waals surface area contributed by atoms with Gasteiger partial charge in [0.05, 0.1) is 4.92 Å². The minimum atomic E-state index is -0.445. The summed E-state index contributed by atoms with van der Waals surface area (Å²) in [5, 5.41) is 10.6. The van der Waals surface area contributed by atoms with Crippen molar-refractivity contribution < 1.29 is 9.66 Å². The lowest BCUT2D eigenvalue weighted by molar-refractivity contribution is -0.385. The molecule has 2 rings (SSSR count). The number of rotatable bonds is 4. The van der Waals surface area contributed by atoms with Crippen LogP contribution in [0, 0.1) is 23.0 Å². The SMILES string of the molecule is Cc1cc(OC2CC(CN)C2)ncc1[N+](=O)[O-]. The second-order valence-electron chi connectivity index (χ2n) is 4.38. The monoisotopic (exact) mass is 237 g/mol. The number of pyridine rings is 1. The number of hydrogen-bond acceptors (Lipinski definition) is 5. The van der Waals surface area contributed by atoms with Crippen molar-refractivity contribution in [2.75, 3.05) is 6.54 Å². The summed E-state index contributed by atoms with van der Waals surface area (Å²) in [5.41, 5.74) is 6.10. The first-order valence-corrected chi connectivity index (χ1v) is 5.58. The van der Waals surface area contributed by atoms with E-state index in [1.54, 1.807) is 13.0 Å². The van der Waals surface area contributed by atoms with Crippen LogP contribution in [-0.2, 0) is 0 Å². The van der Waals surface area contributed by atoms with Gasteiger partial charge in [-0.25, -0.2) is 4.98 Å². The molecule has 0 spiro atoms. The van der Waals surface area contributed by atoms with Gasteiger partial charge in [-0.3, -0.25) is 10.1 Å². The van der Waals surface area contributed by atoms with E-state index in [4.69, 9.17) is 10.5 Å². The minimum Gasteiger partial charge on any atom is -0.474 e. The zero-order valence-electron chi connectivity index (χ0n) is 9.63. The highest BCUT2D eigenvalue weighted by Crippen LogP contribution is 2.30. The van der Waals surface area contributed by atoms with E-state index in [2.05, 4.69) is 4.98 Å². The predicted octanol–water partition coefficient (Wildman–Crippen LogP) is 1.41. The van der Waals surface area contributed by atoms with Gasteiger partial charge in [-0.2, -0.15) is 0 Å². The Bertz CT molecular complexity index is 430. The summed E-state index contributed by atoms with van der Waals surface area (Å²) in [6, 6.07) is 1.61. The maximum Gasteiger partial charge on any atom is 0.290 e. The second-order valence-corrected chi connectivity index (χ2v) is 4.38. The van der Waals surface area contributed by atoms with Crippen LogP contribution >= 0.6 is 0 Å². The molecule has 6 nitrogen and oxygen atoms in total. The van der Waals surface area contributed by atoms with Crippen LogP contribution in [0.15, 0.2) is 12.3 Å². The van der Waals surface area contributed by atoms with E-state index in [1.165, 1.54) is 6.20 Å². The fraction of sp³-hybridized carbons (Fsp3) is 0.545. The van der Waals surface area contributed by atoms with Gasteiger partial charge in [0.15, 0.2) is 0 Å². The molecular formula is C11H15N3O3. The average Bonchev–Trinajstić information content (AvgIpc) is 2.22. The van der Waals surface area contributed by atoms with Crippen molar-refractivity contribution >= 4 is 5.69 Å². The summed E-state index contributed by atoms with van der Waals surface area (Å²) in [4.78, 5) is 14.1. The Labute approximate surface area is 98.9 Å². The molecule has 0 bridgehead atoms. The van der Waals surface area contributed by atoms with E-state index >= 15 is 0 Å². The molecule has 0 amide bonds. The van der Waals surface area contributed by atoms with E-state index in [9.17, 15) is 10.1 Å². The maximum absolute atomic E-state index is 10.6. The third-order valence-electron chi connectivity index (χ3n) is 3.07. The summed E-state index contributed by atoms with van der Waals surface area (Å²) in [7, 11) is 0. The quantitative estimate of drug-likeness (QED) is 0.631. The van der Waals surface area contributed by atoms with Crippen LogP contribution in [0.25, 0.3) is 0 Å². The van der Waals surface area contributed by atoms with E-state index in [-0.39, 0.29) is 11.8 Å². The largest absolute Gasteiger partial charge is 0.474 e. The molecule has 2 N–H and O–H groups in total. The van der Waals surface area contributed by atoms with Crippen LogP contribution in [0.1, 0.15) is 18.4 Å². The number of aromatic nitrogens is 1. The number of nitrogens with two attached hydrogens (primary N) is 1. The third kappa shape index (κ3) is 2.52. The van der Waals surface area contributed by atoms with Crippen LogP contribution < -0.4 is 10.5 Å². The fourth-order valence-electron chi connectivity index (χ4n) is 1.91. The molecule has 1 fully saturated rings. The Morgan fingerprint density at radius 1 is 1.65 bits per heavy atom. The number of ether oxygens (including phenoxy) is 1. The molecule has 0 aliphatic heterocycles.